The van der Waals surface area contributed by atoms with Gasteiger partial charge in [-0.1, -0.05) is 18.2 Å². The molecule has 0 fully saturated rings. The van der Waals surface area contributed by atoms with E-state index < -0.39 is 0 Å². The molecule has 0 bridgehead atoms. The Morgan fingerprint density at radius 3 is 2.43 bits per heavy atom. The lowest BCUT2D eigenvalue weighted by molar-refractivity contribution is 0.390. The SMILES string of the molecule is COc1cc(Nc2nc3c(cnn3-c3ccccc3)c(=O)[nH]2)cc(OC)c1Br. The van der Waals surface area contributed by atoms with E-state index in [4.69, 9.17) is 9.47 Å². The molecule has 0 aliphatic carbocycles. The fraction of sp³-hybridized carbons (Fsp3) is 0.105. The summed E-state index contributed by atoms with van der Waals surface area (Å²) in [6.07, 6.45) is 1.50. The smallest absolute Gasteiger partial charge is 0.263 e. The maximum Gasteiger partial charge on any atom is 0.263 e. The second kappa shape index (κ2) is 7.35. The van der Waals surface area contributed by atoms with Crippen LogP contribution in [0.3, 0.4) is 0 Å². The van der Waals surface area contributed by atoms with Gasteiger partial charge in [-0.05, 0) is 28.1 Å². The van der Waals surface area contributed by atoms with Crippen molar-refractivity contribution in [3.05, 3.63) is 63.5 Å². The van der Waals surface area contributed by atoms with Crippen LogP contribution >= 0.6 is 15.9 Å². The lowest BCUT2D eigenvalue weighted by Gasteiger charge is -2.12. The Hall–Kier alpha value is -3.33. The molecule has 2 N–H and O–H groups in total. The fourth-order valence-corrected chi connectivity index (χ4v) is 3.37. The number of ether oxygens (including phenoxy) is 2. The van der Waals surface area contributed by atoms with Gasteiger partial charge in [0.05, 0.1) is 26.1 Å². The number of hydrogen-bond donors (Lipinski definition) is 2. The number of benzene rings is 2. The number of methoxy groups -OCH3 is 2. The van der Waals surface area contributed by atoms with E-state index in [1.807, 2.05) is 30.3 Å². The van der Waals surface area contributed by atoms with Crippen molar-refractivity contribution in [2.45, 2.75) is 0 Å². The van der Waals surface area contributed by atoms with Crippen LogP contribution in [-0.2, 0) is 0 Å². The number of hydrogen-bond acceptors (Lipinski definition) is 6. The molecule has 0 aliphatic rings. The Bertz CT molecular complexity index is 1180. The molecule has 8 nitrogen and oxygen atoms in total. The van der Waals surface area contributed by atoms with Crippen LogP contribution in [0.15, 0.2) is 57.9 Å². The van der Waals surface area contributed by atoms with Gasteiger partial charge in [-0.15, -0.1) is 0 Å². The van der Waals surface area contributed by atoms with Gasteiger partial charge in [0, 0.05) is 17.8 Å². The Labute approximate surface area is 168 Å². The minimum Gasteiger partial charge on any atom is -0.495 e. The minimum atomic E-state index is -0.286. The van der Waals surface area contributed by atoms with E-state index in [1.54, 1.807) is 31.0 Å². The second-order valence-electron chi connectivity index (χ2n) is 5.86. The van der Waals surface area contributed by atoms with E-state index in [2.05, 4.69) is 36.3 Å². The predicted molar refractivity (Wildman–Crippen MR) is 110 cm³/mol. The number of aromatic amines is 1. The molecule has 0 radical (unpaired) electrons. The van der Waals surface area contributed by atoms with Gasteiger partial charge in [-0.3, -0.25) is 9.78 Å². The highest BCUT2D eigenvalue weighted by Crippen LogP contribution is 2.38. The highest BCUT2D eigenvalue weighted by Gasteiger charge is 2.14. The normalized spacial score (nSPS) is 10.8. The first-order chi connectivity index (χ1) is 13.6. The number of rotatable bonds is 5. The van der Waals surface area contributed by atoms with Crippen molar-refractivity contribution in [2.75, 3.05) is 19.5 Å². The van der Waals surface area contributed by atoms with Crippen molar-refractivity contribution in [2.24, 2.45) is 0 Å². The summed E-state index contributed by atoms with van der Waals surface area (Å²) in [7, 11) is 3.13. The van der Waals surface area contributed by atoms with E-state index in [1.165, 1.54) is 6.20 Å². The molecule has 4 aromatic rings. The summed E-state index contributed by atoms with van der Waals surface area (Å²) < 4.78 is 13.0. The molecule has 2 heterocycles. The summed E-state index contributed by atoms with van der Waals surface area (Å²) in [6, 6.07) is 13.0. The summed E-state index contributed by atoms with van der Waals surface area (Å²) in [5.74, 6) is 1.45. The topological polar surface area (TPSA) is 94.1 Å². The number of aromatic nitrogens is 4. The Kier molecular flexibility index (Phi) is 4.74. The van der Waals surface area contributed by atoms with Crippen LogP contribution in [0.25, 0.3) is 16.7 Å². The third-order valence-corrected chi connectivity index (χ3v) is 4.93. The first kappa shape index (κ1) is 18.1. The maximum absolute atomic E-state index is 12.5. The zero-order valence-electron chi connectivity index (χ0n) is 15.1. The maximum atomic E-state index is 12.5. The lowest BCUT2D eigenvalue weighted by atomic mass is 10.2. The third-order valence-electron chi connectivity index (χ3n) is 4.15. The van der Waals surface area contributed by atoms with Gasteiger partial charge in [-0.25, -0.2) is 4.68 Å². The summed E-state index contributed by atoms with van der Waals surface area (Å²) in [4.78, 5) is 19.8. The van der Waals surface area contributed by atoms with Gasteiger partial charge in [0.25, 0.3) is 5.56 Å². The molecule has 0 saturated carbocycles. The number of nitrogens with one attached hydrogen (secondary N) is 2. The average Bonchev–Trinajstić information content (AvgIpc) is 3.14. The zero-order valence-corrected chi connectivity index (χ0v) is 16.6. The van der Waals surface area contributed by atoms with Crippen molar-refractivity contribution in [1.82, 2.24) is 19.7 Å². The van der Waals surface area contributed by atoms with Crippen LogP contribution < -0.4 is 20.3 Å². The predicted octanol–water partition coefficient (Wildman–Crippen LogP) is 3.63. The van der Waals surface area contributed by atoms with Crippen LogP contribution in [-0.4, -0.2) is 34.0 Å². The van der Waals surface area contributed by atoms with Crippen LogP contribution in [0, 0.1) is 0 Å². The fourth-order valence-electron chi connectivity index (χ4n) is 2.81. The molecule has 142 valence electrons. The molecule has 0 aliphatic heterocycles. The van der Waals surface area contributed by atoms with E-state index in [0.29, 0.717) is 32.7 Å². The highest BCUT2D eigenvalue weighted by molar-refractivity contribution is 9.10. The number of para-hydroxylation sites is 1. The number of halogens is 1. The van der Waals surface area contributed by atoms with Crippen LogP contribution in [0.4, 0.5) is 11.6 Å². The van der Waals surface area contributed by atoms with Crippen molar-refractivity contribution in [3.63, 3.8) is 0 Å². The minimum absolute atomic E-state index is 0.279. The van der Waals surface area contributed by atoms with Crippen molar-refractivity contribution in [3.8, 4) is 17.2 Å². The van der Waals surface area contributed by atoms with Crippen molar-refractivity contribution < 1.29 is 9.47 Å². The molecule has 0 atom stereocenters. The third kappa shape index (κ3) is 3.20. The van der Waals surface area contributed by atoms with Crippen LogP contribution in [0.1, 0.15) is 0 Å². The van der Waals surface area contributed by atoms with Crippen molar-refractivity contribution in [1.29, 1.82) is 0 Å². The Morgan fingerprint density at radius 2 is 1.79 bits per heavy atom. The van der Waals surface area contributed by atoms with E-state index in [0.717, 1.165) is 5.69 Å². The number of H-pyrrole nitrogens is 1. The number of anilines is 2. The molecule has 2 aromatic carbocycles. The Morgan fingerprint density at radius 1 is 1.11 bits per heavy atom. The molecule has 2 aromatic heterocycles. The van der Waals surface area contributed by atoms with Gasteiger partial charge in [-0.2, -0.15) is 10.1 Å². The summed E-state index contributed by atoms with van der Waals surface area (Å²) in [6.45, 7) is 0. The number of fused-ring (bicyclic) bond motifs is 1. The summed E-state index contributed by atoms with van der Waals surface area (Å²) >= 11 is 3.43. The van der Waals surface area contributed by atoms with Gasteiger partial charge in [0.1, 0.15) is 21.4 Å². The molecular formula is C19H16BrN5O3. The zero-order chi connectivity index (χ0) is 19.7. The standard InChI is InChI=1S/C19H16BrN5O3/c1-27-14-8-11(9-15(28-2)16(14)20)22-19-23-17-13(18(26)24-19)10-21-25(17)12-6-4-3-5-7-12/h3-10H,1-2H3,(H2,22,23,24,26). The highest BCUT2D eigenvalue weighted by atomic mass is 79.9. The second-order valence-corrected chi connectivity index (χ2v) is 6.66. The summed E-state index contributed by atoms with van der Waals surface area (Å²) in [5.41, 5.74) is 1.62. The van der Waals surface area contributed by atoms with Gasteiger partial charge >= 0.3 is 0 Å². The molecule has 0 amide bonds. The first-order valence-electron chi connectivity index (χ1n) is 8.32. The average molecular weight is 442 g/mol. The Balaban J connectivity index is 1.79. The molecule has 0 spiro atoms. The molecular weight excluding hydrogens is 426 g/mol. The van der Waals surface area contributed by atoms with Gasteiger partial charge in [0.2, 0.25) is 5.95 Å². The van der Waals surface area contributed by atoms with E-state index >= 15 is 0 Å². The molecule has 9 heteroatoms. The van der Waals surface area contributed by atoms with Crippen molar-refractivity contribution >= 4 is 38.6 Å². The molecule has 0 unspecified atom stereocenters. The lowest BCUT2D eigenvalue weighted by Crippen LogP contribution is -2.12. The molecule has 4 rings (SSSR count). The number of nitrogens with zero attached hydrogens (tertiary/aromatic N) is 3. The van der Waals surface area contributed by atoms with Gasteiger partial charge < -0.3 is 14.8 Å². The largest absolute Gasteiger partial charge is 0.495 e. The molecule has 0 saturated heterocycles. The van der Waals surface area contributed by atoms with E-state index in [9.17, 15) is 4.79 Å². The monoisotopic (exact) mass is 441 g/mol. The van der Waals surface area contributed by atoms with Crippen LogP contribution in [0.2, 0.25) is 0 Å². The van der Waals surface area contributed by atoms with E-state index in [-0.39, 0.29) is 11.5 Å². The quantitative estimate of drug-likeness (QED) is 0.490. The molecule has 28 heavy (non-hydrogen) atoms. The van der Waals surface area contributed by atoms with Crippen LogP contribution in [0.5, 0.6) is 11.5 Å². The summed E-state index contributed by atoms with van der Waals surface area (Å²) in [5, 5.41) is 7.80. The van der Waals surface area contributed by atoms with Gasteiger partial charge in [0.15, 0.2) is 5.65 Å². The first-order valence-corrected chi connectivity index (χ1v) is 9.12.